The highest BCUT2D eigenvalue weighted by molar-refractivity contribution is 8.00. The van der Waals surface area contributed by atoms with E-state index in [-0.39, 0.29) is 17.3 Å². The first kappa shape index (κ1) is 12.8. The second kappa shape index (κ2) is 6.38. The Hall–Kier alpha value is -0.220. The zero-order chi connectivity index (χ0) is 11.3. The number of aliphatic hydroxyl groups excluding tert-OH is 1. The van der Waals surface area contributed by atoms with Gasteiger partial charge >= 0.3 is 5.97 Å². The van der Waals surface area contributed by atoms with Crippen LogP contribution in [0, 0.1) is 5.92 Å². The predicted octanol–water partition coefficient (Wildman–Crippen LogP) is 2.13. The molecule has 0 aromatic carbocycles. The van der Waals surface area contributed by atoms with Gasteiger partial charge in [0.2, 0.25) is 0 Å². The number of carbonyl (C=O) groups is 1. The second-order valence-corrected chi connectivity index (χ2v) is 5.59. The van der Waals surface area contributed by atoms with Crippen LogP contribution in [-0.4, -0.2) is 33.3 Å². The fraction of sp³-hybridized carbons (Fsp3) is 0.909. The lowest BCUT2D eigenvalue weighted by Crippen LogP contribution is -2.23. The number of hydrogen-bond acceptors (Lipinski definition) is 3. The van der Waals surface area contributed by atoms with E-state index >= 15 is 0 Å². The molecule has 1 aliphatic rings. The molecule has 0 spiro atoms. The Bertz CT molecular complexity index is 208. The molecule has 2 N–H and O–H groups in total. The minimum atomic E-state index is -0.745. The molecule has 1 aliphatic carbocycles. The molecular formula is C11H20O3S. The SMILES string of the molecule is CC(CSC1CCCCCC1O)C(=O)O. The minimum Gasteiger partial charge on any atom is -0.481 e. The molecule has 0 amide bonds. The minimum absolute atomic E-state index is 0.238. The zero-order valence-corrected chi connectivity index (χ0v) is 10.0. The Morgan fingerprint density at radius 1 is 1.40 bits per heavy atom. The molecule has 0 radical (unpaired) electrons. The standard InChI is InChI=1S/C11H20O3S/c1-8(11(13)14)7-15-10-6-4-2-3-5-9(10)12/h8-10,12H,2-7H2,1H3,(H,13,14). The van der Waals surface area contributed by atoms with Crippen molar-refractivity contribution in [2.45, 2.75) is 50.4 Å². The summed E-state index contributed by atoms with van der Waals surface area (Å²) in [4.78, 5) is 10.6. The van der Waals surface area contributed by atoms with Crippen molar-refractivity contribution in [3.8, 4) is 0 Å². The average molecular weight is 232 g/mol. The Morgan fingerprint density at radius 2 is 2.07 bits per heavy atom. The van der Waals surface area contributed by atoms with Crippen LogP contribution >= 0.6 is 11.8 Å². The van der Waals surface area contributed by atoms with Crippen molar-refractivity contribution in [1.82, 2.24) is 0 Å². The third kappa shape index (κ3) is 4.43. The maximum atomic E-state index is 10.6. The topological polar surface area (TPSA) is 57.5 Å². The van der Waals surface area contributed by atoms with Crippen molar-refractivity contribution in [2.75, 3.05) is 5.75 Å². The van der Waals surface area contributed by atoms with E-state index in [1.54, 1.807) is 18.7 Å². The summed E-state index contributed by atoms with van der Waals surface area (Å²) in [5.41, 5.74) is 0. The van der Waals surface area contributed by atoms with Crippen LogP contribution < -0.4 is 0 Å². The number of aliphatic hydroxyl groups is 1. The first-order valence-electron chi connectivity index (χ1n) is 5.63. The highest BCUT2D eigenvalue weighted by atomic mass is 32.2. The van der Waals surface area contributed by atoms with Crippen LogP contribution in [0.25, 0.3) is 0 Å². The van der Waals surface area contributed by atoms with Crippen molar-refractivity contribution in [3.05, 3.63) is 0 Å². The molecule has 1 fully saturated rings. The molecule has 88 valence electrons. The van der Waals surface area contributed by atoms with Crippen molar-refractivity contribution >= 4 is 17.7 Å². The lowest BCUT2D eigenvalue weighted by molar-refractivity contribution is -0.140. The van der Waals surface area contributed by atoms with Gasteiger partial charge in [0, 0.05) is 11.0 Å². The molecule has 3 atom stereocenters. The Morgan fingerprint density at radius 3 is 2.73 bits per heavy atom. The maximum Gasteiger partial charge on any atom is 0.307 e. The largest absolute Gasteiger partial charge is 0.481 e. The van der Waals surface area contributed by atoms with Crippen LogP contribution in [0.15, 0.2) is 0 Å². The highest BCUT2D eigenvalue weighted by Crippen LogP contribution is 2.29. The molecule has 3 unspecified atom stereocenters. The molecule has 0 aromatic heterocycles. The summed E-state index contributed by atoms with van der Waals surface area (Å²) < 4.78 is 0. The van der Waals surface area contributed by atoms with E-state index in [1.807, 2.05) is 0 Å². The van der Waals surface area contributed by atoms with E-state index in [0.717, 1.165) is 25.7 Å². The Balaban J connectivity index is 2.32. The normalized spacial score (nSPS) is 29.5. The van der Waals surface area contributed by atoms with Gasteiger partial charge in [-0.2, -0.15) is 11.8 Å². The Labute approximate surface area is 95.3 Å². The fourth-order valence-electron chi connectivity index (χ4n) is 1.79. The summed E-state index contributed by atoms with van der Waals surface area (Å²) in [7, 11) is 0. The molecule has 0 aliphatic heterocycles. The summed E-state index contributed by atoms with van der Waals surface area (Å²) in [5.74, 6) is -0.451. The van der Waals surface area contributed by atoms with Gasteiger partial charge in [-0.05, 0) is 12.8 Å². The number of thioether (sulfide) groups is 1. The van der Waals surface area contributed by atoms with Gasteiger partial charge in [-0.1, -0.05) is 26.2 Å². The molecule has 1 saturated carbocycles. The third-order valence-electron chi connectivity index (χ3n) is 2.90. The van der Waals surface area contributed by atoms with E-state index in [4.69, 9.17) is 5.11 Å². The van der Waals surface area contributed by atoms with Crippen molar-refractivity contribution in [2.24, 2.45) is 5.92 Å². The molecular weight excluding hydrogens is 212 g/mol. The average Bonchev–Trinajstić information content (AvgIpc) is 2.39. The molecule has 1 rings (SSSR count). The number of rotatable bonds is 4. The van der Waals surface area contributed by atoms with Crippen molar-refractivity contribution in [1.29, 1.82) is 0 Å². The molecule has 4 heteroatoms. The quantitative estimate of drug-likeness (QED) is 0.729. The first-order valence-corrected chi connectivity index (χ1v) is 6.68. The first-order chi connectivity index (χ1) is 7.11. The van der Waals surface area contributed by atoms with Gasteiger partial charge in [0.15, 0.2) is 0 Å². The number of carboxylic acid groups (broad SMARTS) is 1. The van der Waals surface area contributed by atoms with Gasteiger partial charge < -0.3 is 10.2 Å². The van der Waals surface area contributed by atoms with Crippen LogP contribution in [0.5, 0.6) is 0 Å². The van der Waals surface area contributed by atoms with Gasteiger partial charge in [-0.3, -0.25) is 4.79 Å². The van der Waals surface area contributed by atoms with E-state index in [2.05, 4.69) is 0 Å². The number of aliphatic carboxylic acids is 1. The third-order valence-corrected chi connectivity index (χ3v) is 4.57. The van der Waals surface area contributed by atoms with Gasteiger partial charge in [-0.15, -0.1) is 0 Å². The second-order valence-electron chi connectivity index (χ2n) is 4.32. The smallest absolute Gasteiger partial charge is 0.307 e. The molecule has 0 heterocycles. The van der Waals surface area contributed by atoms with E-state index in [1.165, 1.54) is 6.42 Å². The zero-order valence-electron chi connectivity index (χ0n) is 9.19. The lowest BCUT2D eigenvalue weighted by atomic mass is 10.1. The molecule has 0 aromatic rings. The molecule has 15 heavy (non-hydrogen) atoms. The summed E-state index contributed by atoms with van der Waals surface area (Å²) in [6, 6.07) is 0. The summed E-state index contributed by atoms with van der Waals surface area (Å²) >= 11 is 1.62. The van der Waals surface area contributed by atoms with Gasteiger partial charge in [0.1, 0.15) is 0 Å². The van der Waals surface area contributed by atoms with Gasteiger partial charge in [0.05, 0.1) is 12.0 Å². The van der Waals surface area contributed by atoms with E-state index in [0.29, 0.717) is 5.75 Å². The summed E-state index contributed by atoms with van der Waals surface area (Å²) in [6.07, 6.45) is 5.13. The van der Waals surface area contributed by atoms with Crippen molar-refractivity contribution < 1.29 is 15.0 Å². The highest BCUT2D eigenvalue weighted by Gasteiger charge is 2.23. The van der Waals surface area contributed by atoms with Crippen LogP contribution in [0.4, 0.5) is 0 Å². The van der Waals surface area contributed by atoms with Gasteiger partial charge in [0.25, 0.3) is 0 Å². The number of hydrogen-bond donors (Lipinski definition) is 2. The van der Waals surface area contributed by atoms with Crippen LogP contribution in [-0.2, 0) is 4.79 Å². The molecule has 0 bridgehead atoms. The Kier molecular flexibility index (Phi) is 5.47. The maximum absolute atomic E-state index is 10.6. The lowest BCUT2D eigenvalue weighted by Gasteiger charge is -2.20. The van der Waals surface area contributed by atoms with Crippen molar-refractivity contribution in [3.63, 3.8) is 0 Å². The van der Waals surface area contributed by atoms with Crippen LogP contribution in [0.3, 0.4) is 0 Å². The summed E-state index contributed by atoms with van der Waals surface area (Å²) in [5, 5.41) is 18.8. The van der Waals surface area contributed by atoms with E-state index in [9.17, 15) is 9.90 Å². The van der Waals surface area contributed by atoms with E-state index < -0.39 is 5.97 Å². The van der Waals surface area contributed by atoms with Crippen LogP contribution in [0.2, 0.25) is 0 Å². The molecule has 3 nitrogen and oxygen atoms in total. The number of carboxylic acids is 1. The monoisotopic (exact) mass is 232 g/mol. The summed E-state index contributed by atoms with van der Waals surface area (Å²) in [6.45, 7) is 1.72. The molecule has 0 saturated heterocycles. The van der Waals surface area contributed by atoms with Gasteiger partial charge in [-0.25, -0.2) is 0 Å². The predicted molar refractivity (Wildman–Crippen MR) is 62.1 cm³/mol. The van der Waals surface area contributed by atoms with Crippen LogP contribution in [0.1, 0.15) is 39.0 Å². The fourth-order valence-corrected chi connectivity index (χ4v) is 3.16.